The predicted molar refractivity (Wildman–Crippen MR) is 134 cm³/mol. The average Bonchev–Trinajstić information content (AvgIpc) is 3.29. The summed E-state index contributed by atoms with van der Waals surface area (Å²) in [6.45, 7) is 3.79. The molecule has 2 heterocycles. The molecule has 1 saturated carbocycles. The van der Waals surface area contributed by atoms with Crippen molar-refractivity contribution in [2.45, 2.75) is 44.6 Å². The summed E-state index contributed by atoms with van der Waals surface area (Å²) in [7, 11) is 0. The molecule has 2 aromatic carbocycles. The number of rotatable bonds is 8. The van der Waals surface area contributed by atoms with Crippen molar-refractivity contribution in [1.29, 1.82) is 0 Å². The summed E-state index contributed by atoms with van der Waals surface area (Å²) in [6, 6.07) is 12.6. The van der Waals surface area contributed by atoms with E-state index in [4.69, 9.17) is 38.1 Å². The summed E-state index contributed by atoms with van der Waals surface area (Å²) in [6.07, 6.45) is 7.84. The molecule has 3 aromatic rings. The van der Waals surface area contributed by atoms with E-state index in [1.54, 1.807) is 18.2 Å². The van der Waals surface area contributed by atoms with Crippen LogP contribution in [0, 0.1) is 0 Å². The molecule has 0 spiro atoms. The van der Waals surface area contributed by atoms with Gasteiger partial charge in [-0.15, -0.1) is 0 Å². The van der Waals surface area contributed by atoms with Crippen LogP contribution in [0.25, 0.3) is 11.0 Å². The lowest BCUT2D eigenvalue weighted by atomic mass is 10.1. The van der Waals surface area contributed by atoms with E-state index in [1.807, 2.05) is 6.07 Å². The topological polar surface area (TPSA) is 85.8 Å². The fraction of sp³-hybridized carbons (Fsp3) is 0.385. The maximum absolute atomic E-state index is 11.2. The Morgan fingerprint density at radius 3 is 2.50 bits per heavy atom. The van der Waals surface area contributed by atoms with Crippen LogP contribution in [0.4, 0.5) is 0 Å². The molecule has 2 fully saturated rings. The second-order valence-electron chi connectivity index (χ2n) is 8.72. The predicted octanol–water partition coefficient (Wildman–Crippen LogP) is 5.66. The molecule has 0 unspecified atom stereocenters. The lowest BCUT2D eigenvalue weighted by Gasteiger charge is -2.14. The average molecular weight is 503 g/mol. The van der Waals surface area contributed by atoms with Gasteiger partial charge in [0, 0.05) is 16.5 Å². The van der Waals surface area contributed by atoms with E-state index in [0.29, 0.717) is 22.1 Å². The minimum atomic E-state index is -1.04. The molecule has 34 heavy (non-hydrogen) atoms. The number of fused-ring (bicyclic) bond motifs is 1. The summed E-state index contributed by atoms with van der Waals surface area (Å²) in [5.74, 6) is -1.10. The molecule has 8 heteroatoms. The van der Waals surface area contributed by atoms with Crippen LogP contribution < -0.4 is 10.5 Å². The fourth-order valence-electron chi connectivity index (χ4n) is 3.91. The monoisotopic (exact) mass is 502 g/mol. The van der Waals surface area contributed by atoms with Gasteiger partial charge in [-0.05, 0) is 94.1 Å². The highest BCUT2D eigenvalue weighted by atomic mass is 35.5. The van der Waals surface area contributed by atoms with Crippen LogP contribution in [-0.2, 0) is 11.2 Å². The molecule has 6 nitrogen and oxygen atoms in total. The maximum Gasteiger partial charge on any atom is 0.293 e. The van der Waals surface area contributed by atoms with Crippen LogP contribution >= 0.6 is 23.2 Å². The van der Waals surface area contributed by atoms with Crippen molar-refractivity contribution in [1.82, 2.24) is 4.90 Å². The summed E-state index contributed by atoms with van der Waals surface area (Å²) >= 11 is 12.0. The van der Waals surface area contributed by atoms with Gasteiger partial charge in [0.05, 0.1) is 11.1 Å². The van der Waals surface area contributed by atoms with E-state index in [9.17, 15) is 9.59 Å². The highest BCUT2D eigenvalue weighted by molar-refractivity contribution is 6.41. The lowest BCUT2D eigenvalue weighted by Crippen LogP contribution is -2.22. The van der Waals surface area contributed by atoms with Gasteiger partial charge in [-0.3, -0.25) is 9.59 Å². The van der Waals surface area contributed by atoms with Gasteiger partial charge in [-0.25, -0.2) is 0 Å². The number of furan rings is 1. The largest absolute Gasteiger partial charge is 0.489 e. The number of nitrogens with two attached hydrogens (primary N) is 1. The number of carbonyl (C=O) groups excluding carboxylic acids is 2. The number of ether oxygens (including phenoxy) is 1. The second kappa shape index (κ2) is 11.3. The maximum atomic E-state index is 11.2. The molecule has 1 aromatic heterocycles. The normalized spacial score (nSPS) is 15.7. The van der Waals surface area contributed by atoms with Crippen LogP contribution in [0.5, 0.6) is 5.75 Å². The molecule has 0 radical (unpaired) electrons. The van der Waals surface area contributed by atoms with Gasteiger partial charge in [0.1, 0.15) is 11.3 Å². The molecule has 1 saturated heterocycles. The molecule has 0 bridgehead atoms. The molecule has 0 atom stereocenters. The molecule has 5 rings (SSSR count). The van der Waals surface area contributed by atoms with Gasteiger partial charge in [0.25, 0.3) is 11.7 Å². The molecule has 2 N–H and O–H groups in total. The zero-order chi connectivity index (χ0) is 24.1. The Hall–Kier alpha value is -2.54. The molecular formula is C26H28Cl2N2O4. The minimum Gasteiger partial charge on any atom is -0.489 e. The smallest absolute Gasteiger partial charge is 0.293 e. The summed E-state index contributed by atoms with van der Waals surface area (Å²) in [5, 5.41) is 1.96. The number of carbonyl (C=O) groups is 2. The van der Waals surface area contributed by atoms with Crippen molar-refractivity contribution in [3.63, 3.8) is 0 Å². The van der Waals surface area contributed by atoms with Gasteiger partial charge >= 0.3 is 0 Å². The summed E-state index contributed by atoms with van der Waals surface area (Å²) < 4.78 is 10.9. The number of likely N-dealkylation sites (tertiary alicyclic amines) is 1. The zero-order valence-electron chi connectivity index (χ0n) is 18.9. The quantitative estimate of drug-likeness (QED) is 0.317. The van der Waals surface area contributed by atoms with E-state index < -0.39 is 11.7 Å². The van der Waals surface area contributed by atoms with Crippen molar-refractivity contribution < 1.29 is 18.7 Å². The van der Waals surface area contributed by atoms with Crippen molar-refractivity contribution in [2.24, 2.45) is 5.73 Å². The van der Waals surface area contributed by atoms with Gasteiger partial charge in [-0.1, -0.05) is 29.3 Å². The highest BCUT2D eigenvalue weighted by Gasteiger charge is 2.24. The van der Waals surface area contributed by atoms with Crippen LogP contribution in [0.15, 0.2) is 46.9 Å². The van der Waals surface area contributed by atoms with Gasteiger partial charge in [0.15, 0.2) is 5.76 Å². The Morgan fingerprint density at radius 1 is 1.06 bits per heavy atom. The summed E-state index contributed by atoms with van der Waals surface area (Å²) in [5.41, 5.74) is 6.62. The number of Topliss-reactive ketones (excluding diaryl/α,β-unsaturated/α-hetero) is 1. The SMILES string of the molecule is Clc1cc(CCCN2CCCC2)ccc1OC1CC1.NC(=O)C(=O)c1cc2ccc(Cl)cc2o1. The third-order valence-corrected chi connectivity index (χ3v) is 6.41. The van der Waals surface area contributed by atoms with Crippen LogP contribution in [-0.4, -0.2) is 42.3 Å². The molecule has 180 valence electrons. The number of amides is 1. The Morgan fingerprint density at radius 2 is 1.82 bits per heavy atom. The first-order valence-electron chi connectivity index (χ1n) is 11.6. The highest BCUT2D eigenvalue weighted by Crippen LogP contribution is 2.32. The van der Waals surface area contributed by atoms with Crippen LogP contribution in [0.2, 0.25) is 10.0 Å². The van der Waals surface area contributed by atoms with Crippen molar-refractivity contribution in [2.75, 3.05) is 19.6 Å². The van der Waals surface area contributed by atoms with E-state index in [2.05, 4.69) is 17.0 Å². The van der Waals surface area contributed by atoms with E-state index in [1.165, 1.54) is 63.4 Å². The minimum absolute atomic E-state index is 0.0697. The van der Waals surface area contributed by atoms with E-state index in [-0.39, 0.29) is 5.76 Å². The second-order valence-corrected chi connectivity index (χ2v) is 9.56. The van der Waals surface area contributed by atoms with Crippen molar-refractivity contribution in [3.8, 4) is 5.75 Å². The molecule has 2 aliphatic rings. The molecule has 1 amide bonds. The molecular weight excluding hydrogens is 475 g/mol. The van der Waals surface area contributed by atoms with Gasteiger partial charge in [-0.2, -0.15) is 0 Å². The third-order valence-electron chi connectivity index (χ3n) is 5.88. The number of primary amides is 1. The first-order chi connectivity index (χ1) is 16.4. The van der Waals surface area contributed by atoms with E-state index >= 15 is 0 Å². The number of ketones is 1. The standard InChI is InChI=1S/C16H22ClNO.C10H6ClNO3/c17-15-12-13(4-3-11-18-9-1-2-10-18)5-8-16(15)19-14-6-7-14;11-6-2-1-5-3-8(9(13)10(12)14)15-7(5)4-6/h5,8,12,14H,1-4,6-7,9-11H2;1-4H,(H2,12,14). The first-order valence-corrected chi connectivity index (χ1v) is 12.4. The Labute approximate surface area is 208 Å². The van der Waals surface area contributed by atoms with Gasteiger partial charge in [0.2, 0.25) is 0 Å². The number of nitrogens with zero attached hydrogens (tertiary/aromatic N) is 1. The Bertz CT molecular complexity index is 1170. The van der Waals surface area contributed by atoms with Crippen molar-refractivity contribution in [3.05, 3.63) is 63.8 Å². The van der Waals surface area contributed by atoms with Gasteiger partial charge < -0.3 is 19.8 Å². The number of hydrogen-bond acceptors (Lipinski definition) is 5. The number of halogens is 2. The number of hydrogen-bond donors (Lipinski definition) is 1. The van der Waals surface area contributed by atoms with E-state index in [0.717, 1.165) is 17.2 Å². The Kier molecular flexibility index (Phi) is 8.14. The summed E-state index contributed by atoms with van der Waals surface area (Å²) in [4.78, 5) is 24.4. The zero-order valence-corrected chi connectivity index (χ0v) is 20.4. The molecule has 1 aliphatic carbocycles. The third kappa shape index (κ3) is 6.75. The van der Waals surface area contributed by atoms with Crippen LogP contribution in [0.3, 0.4) is 0 Å². The number of benzene rings is 2. The Balaban J connectivity index is 0.000000166. The first kappa shape index (κ1) is 24.6. The lowest BCUT2D eigenvalue weighted by molar-refractivity contribution is -0.114. The molecule has 1 aliphatic heterocycles. The van der Waals surface area contributed by atoms with Crippen LogP contribution in [0.1, 0.15) is 48.2 Å². The number of aryl methyl sites for hydroxylation is 1. The van der Waals surface area contributed by atoms with Crippen molar-refractivity contribution >= 4 is 45.9 Å². The fourth-order valence-corrected chi connectivity index (χ4v) is 4.32.